The molecule has 0 radical (unpaired) electrons. The molecule has 0 saturated carbocycles. The van der Waals surface area contributed by atoms with E-state index in [2.05, 4.69) is 50.0 Å². The molecule has 3 aromatic rings. The fraction of sp³-hybridized carbons (Fsp3) is 0.379. The molecule has 0 atom stereocenters. The smallest absolute Gasteiger partial charge is 0.254 e. The van der Waals surface area contributed by atoms with E-state index in [0.717, 1.165) is 74.0 Å². The molecule has 8 heteroatoms. The summed E-state index contributed by atoms with van der Waals surface area (Å²) in [7, 11) is 0. The van der Waals surface area contributed by atoms with Crippen LogP contribution in [-0.4, -0.2) is 78.3 Å². The Morgan fingerprint density at radius 1 is 0.892 bits per heavy atom. The van der Waals surface area contributed by atoms with Crippen molar-refractivity contribution in [2.45, 2.75) is 20.4 Å². The number of nitrogens with zero attached hydrogens (tertiary/aromatic N) is 7. The van der Waals surface area contributed by atoms with Crippen LogP contribution in [0.1, 0.15) is 32.6 Å². The first-order valence-electron chi connectivity index (χ1n) is 12.9. The summed E-state index contributed by atoms with van der Waals surface area (Å²) < 4.78 is 0. The van der Waals surface area contributed by atoms with Crippen molar-refractivity contribution in [1.82, 2.24) is 20.0 Å². The van der Waals surface area contributed by atoms with E-state index in [9.17, 15) is 10.1 Å². The summed E-state index contributed by atoms with van der Waals surface area (Å²) in [6, 6.07) is 18.2. The summed E-state index contributed by atoms with van der Waals surface area (Å²) in [5.41, 5.74) is 6.00. The molecule has 2 fully saturated rings. The van der Waals surface area contributed by atoms with Gasteiger partial charge in [0, 0.05) is 70.7 Å². The van der Waals surface area contributed by atoms with Crippen molar-refractivity contribution in [1.29, 1.82) is 5.26 Å². The number of rotatable bonds is 5. The van der Waals surface area contributed by atoms with Crippen LogP contribution < -0.4 is 9.80 Å². The standard InChI is InChI=1S/C29H33N7O/c1-22-18-23(2)26(29(37)36-16-14-35(15-17-36)28-8-5-9-31-32-28)19-25(22)21-33-10-12-34(13-11-33)27-7-4-3-6-24(27)20-30/h3-9,18-19H,10-17,21H2,1-2H3. The fourth-order valence-electron chi connectivity index (χ4n) is 5.30. The van der Waals surface area contributed by atoms with Crippen molar-refractivity contribution in [3.05, 3.63) is 82.5 Å². The van der Waals surface area contributed by atoms with Crippen molar-refractivity contribution in [2.24, 2.45) is 0 Å². The van der Waals surface area contributed by atoms with Gasteiger partial charge in [0.1, 0.15) is 6.07 Å². The number of anilines is 2. The maximum atomic E-state index is 13.5. The highest BCUT2D eigenvalue weighted by molar-refractivity contribution is 5.96. The van der Waals surface area contributed by atoms with Gasteiger partial charge in [0.2, 0.25) is 0 Å². The lowest BCUT2D eigenvalue weighted by atomic mass is 9.98. The third kappa shape index (κ3) is 5.42. The first-order chi connectivity index (χ1) is 18.0. The molecule has 2 aliphatic rings. The van der Waals surface area contributed by atoms with Crippen LogP contribution >= 0.6 is 0 Å². The van der Waals surface area contributed by atoms with Gasteiger partial charge < -0.3 is 14.7 Å². The molecule has 2 saturated heterocycles. The van der Waals surface area contributed by atoms with Crippen molar-refractivity contribution in [3.8, 4) is 6.07 Å². The fourth-order valence-corrected chi connectivity index (χ4v) is 5.30. The number of amides is 1. The maximum absolute atomic E-state index is 13.5. The molecule has 37 heavy (non-hydrogen) atoms. The number of nitriles is 1. The van der Waals surface area contributed by atoms with Crippen LogP contribution in [0.5, 0.6) is 0 Å². The van der Waals surface area contributed by atoms with Crippen molar-refractivity contribution < 1.29 is 4.79 Å². The highest BCUT2D eigenvalue weighted by Gasteiger charge is 2.25. The van der Waals surface area contributed by atoms with E-state index in [-0.39, 0.29) is 5.91 Å². The molecule has 0 aliphatic carbocycles. The number of benzene rings is 2. The summed E-state index contributed by atoms with van der Waals surface area (Å²) >= 11 is 0. The van der Waals surface area contributed by atoms with Crippen LogP contribution in [0.3, 0.4) is 0 Å². The molecular weight excluding hydrogens is 462 g/mol. The first-order valence-corrected chi connectivity index (χ1v) is 12.9. The Morgan fingerprint density at radius 2 is 1.62 bits per heavy atom. The third-order valence-electron chi connectivity index (χ3n) is 7.49. The van der Waals surface area contributed by atoms with Crippen LogP contribution in [-0.2, 0) is 6.54 Å². The molecule has 5 rings (SSSR count). The van der Waals surface area contributed by atoms with Crippen molar-refractivity contribution >= 4 is 17.4 Å². The quantitative estimate of drug-likeness (QED) is 0.538. The summed E-state index contributed by atoms with van der Waals surface area (Å²) in [4.78, 5) is 22.4. The van der Waals surface area contributed by atoms with E-state index in [1.165, 1.54) is 11.1 Å². The second-order valence-corrected chi connectivity index (χ2v) is 9.85. The summed E-state index contributed by atoms with van der Waals surface area (Å²) in [6.07, 6.45) is 1.68. The summed E-state index contributed by atoms with van der Waals surface area (Å²) in [5.74, 6) is 0.968. The van der Waals surface area contributed by atoms with Gasteiger partial charge >= 0.3 is 0 Å². The zero-order valence-electron chi connectivity index (χ0n) is 21.6. The molecule has 1 amide bonds. The number of aromatic nitrogens is 2. The number of carbonyl (C=O) groups is 1. The molecule has 0 N–H and O–H groups in total. The molecule has 2 aliphatic heterocycles. The monoisotopic (exact) mass is 495 g/mol. The van der Waals surface area contributed by atoms with Crippen molar-refractivity contribution in [3.63, 3.8) is 0 Å². The molecule has 0 spiro atoms. The second-order valence-electron chi connectivity index (χ2n) is 9.85. The number of aryl methyl sites for hydroxylation is 2. The van der Waals surface area contributed by atoms with Crippen LogP contribution in [0.2, 0.25) is 0 Å². The van der Waals surface area contributed by atoms with Gasteiger partial charge in [0.25, 0.3) is 5.91 Å². The Morgan fingerprint density at radius 3 is 2.32 bits per heavy atom. The summed E-state index contributed by atoms with van der Waals surface area (Å²) in [6.45, 7) is 11.4. The Kier molecular flexibility index (Phi) is 7.33. The van der Waals surface area contributed by atoms with Crippen molar-refractivity contribution in [2.75, 3.05) is 62.2 Å². The van der Waals surface area contributed by atoms with Gasteiger partial charge in [-0.15, -0.1) is 5.10 Å². The van der Waals surface area contributed by atoms with Gasteiger partial charge in [0.15, 0.2) is 5.82 Å². The second kappa shape index (κ2) is 11.0. The molecule has 2 aromatic carbocycles. The highest BCUT2D eigenvalue weighted by Crippen LogP contribution is 2.24. The average molecular weight is 496 g/mol. The van der Waals surface area contributed by atoms with Crippen LogP contribution in [0.15, 0.2) is 54.7 Å². The number of carbonyl (C=O) groups excluding carboxylic acids is 1. The molecule has 0 unspecified atom stereocenters. The van der Waals surface area contributed by atoms with E-state index >= 15 is 0 Å². The van der Waals surface area contributed by atoms with E-state index in [4.69, 9.17) is 0 Å². The first kappa shape index (κ1) is 24.7. The van der Waals surface area contributed by atoms with Gasteiger partial charge in [-0.05, 0) is 60.9 Å². The minimum atomic E-state index is 0.107. The average Bonchev–Trinajstić information content (AvgIpc) is 2.95. The number of hydrogen-bond donors (Lipinski definition) is 0. The van der Waals surface area contributed by atoms with Crippen LogP contribution in [0.25, 0.3) is 0 Å². The highest BCUT2D eigenvalue weighted by atomic mass is 16.2. The van der Waals surface area contributed by atoms with Gasteiger partial charge in [0.05, 0.1) is 11.3 Å². The molecule has 8 nitrogen and oxygen atoms in total. The largest absolute Gasteiger partial charge is 0.368 e. The van der Waals surface area contributed by atoms with Crippen LogP contribution in [0.4, 0.5) is 11.5 Å². The number of para-hydroxylation sites is 1. The predicted octanol–water partition coefficient (Wildman–Crippen LogP) is 3.25. The van der Waals surface area contributed by atoms with E-state index in [1.54, 1.807) is 6.20 Å². The van der Waals surface area contributed by atoms with Gasteiger partial charge in [-0.1, -0.05) is 18.2 Å². The van der Waals surface area contributed by atoms with Gasteiger partial charge in [-0.3, -0.25) is 9.69 Å². The normalized spacial score (nSPS) is 16.5. The Labute approximate surface area is 218 Å². The minimum Gasteiger partial charge on any atom is -0.368 e. The lowest BCUT2D eigenvalue weighted by Gasteiger charge is -2.37. The lowest BCUT2D eigenvalue weighted by molar-refractivity contribution is 0.0745. The van der Waals surface area contributed by atoms with E-state index in [1.807, 2.05) is 48.2 Å². The predicted molar refractivity (Wildman–Crippen MR) is 145 cm³/mol. The molecule has 1 aromatic heterocycles. The lowest BCUT2D eigenvalue weighted by Crippen LogP contribution is -2.49. The minimum absolute atomic E-state index is 0.107. The number of hydrogen-bond acceptors (Lipinski definition) is 7. The topological polar surface area (TPSA) is 79.6 Å². The van der Waals surface area contributed by atoms with E-state index < -0.39 is 0 Å². The Bertz CT molecular complexity index is 1290. The Hall–Kier alpha value is -3.96. The van der Waals surface area contributed by atoms with Crippen LogP contribution in [0, 0.1) is 25.2 Å². The SMILES string of the molecule is Cc1cc(C)c(C(=O)N2CCN(c3cccnn3)CC2)cc1CN1CCN(c2ccccc2C#N)CC1. The third-order valence-corrected chi connectivity index (χ3v) is 7.49. The molecular formula is C29H33N7O. The molecule has 190 valence electrons. The molecule has 0 bridgehead atoms. The Balaban J connectivity index is 1.22. The van der Waals surface area contributed by atoms with Gasteiger partial charge in [-0.25, -0.2) is 0 Å². The molecule has 3 heterocycles. The van der Waals surface area contributed by atoms with Gasteiger partial charge in [-0.2, -0.15) is 10.4 Å². The number of piperazine rings is 2. The zero-order valence-corrected chi connectivity index (χ0v) is 21.6. The summed E-state index contributed by atoms with van der Waals surface area (Å²) in [5, 5.41) is 17.6. The maximum Gasteiger partial charge on any atom is 0.254 e. The van der Waals surface area contributed by atoms with E-state index in [0.29, 0.717) is 13.1 Å². The zero-order chi connectivity index (χ0) is 25.8.